The van der Waals surface area contributed by atoms with Crippen molar-refractivity contribution in [3.8, 4) is 5.75 Å². The Labute approximate surface area is 157 Å². The first-order valence-corrected chi connectivity index (χ1v) is 8.65. The number of urea groups is 1. The van der Waals surface area contributed by atoms with Gasteiger partial charge in [-0.3, -0.25) is 0 Å². The zero-order chi connectivity index (χ0) is 19.1. The molecule has 7 heteroatoms. The molecule has 0 saturated heterocycles. The first kappa shape index (κ1) is 18.4. The lowest BCUT2D eigenvalue weighted by Gasteiger charge is -2.13. The van der Waals surface area contributed by atoms with Crippen LogP contribution < -0.4 is 15.4 Å². The van der Waals surface area contributed by atoms with Gasteiger partial charge in [0.1, 0.15) is 11.6 Å². The summed E-state index contributed by atoms with van der Waals surface area (Å²) >= 11 is 0. The minimum atomic E-state index is -0.417. The summed E-state index contributed by atoms with van der Waals surface area (Å²) < 4.78 is 20.7. The maximum Gasteiger partial charge on any atom is 0.319 e. The van der Waals surface area contributed by atoms with Crippen molar-refractivity contribution in [3.63, 3.8) is 0 Å². The molecular formula is C20H21FN4O2. The van der Waals surface area contributed by atoms with Crippen LogP contribution in [0, 0.1) is 5.82 Å². The molecule has 3 rings (SSSR count). The molecule has 0 unspecified atom stereocenters. The van der Waals surface area contributed by atoms with Crippen molar-refractivity contribution in [2.75, 3.05) is 11.9 Å². The van der Waals surface area contributed by atoms with Crippen molar-refractivity contribution in [1.82, 2.24) is 14.9 Å². The van der Waals surface area contributed by atoms with Gasteiger partial charge in [-0.15, -0.1) is 0 Å². The SMILES string of the molecule is CCOc1cc(F)ccc1NC(=O)NCc1cccc(Cn2ccnc2)c1. The summed E-state index contributed by atoms with van der Waals surface area (Å²) in [6, 6.07) is 11.6. The summed E-state index contributed by atoms with van der Waals surface area (Å²) in [5.41, 5.74) is 2.52. The Kier molecular flexibility index (Phi) is 6.04. The first-order chi connectivity index (χ1) is 13.1. The van der Waals surface area contributed by atoms with Crippen LogP contribution in [0.1, 0.15) is 18.1 Å². The summed E-state index contributed by atoms with van der Waals surface area (Å²) in [4.78, 5) is 16.2. The van der Waals surface area contributed by atoms with Gasteiger partial charge in [-0.25, -0.2) is 14.2 Å². The van der Waals surface area contributed by atoms with Gasteiger partial charge in [-0.05, 0) is 30.2 Å². The number of hydrogen-bond donors (Lipinski definition) is 2. The number of hydrogen-bond acceptors (Lipinski definition) is 3. The lowest BCUT2D eigenvalue weighted by molar-refractivity contribution is 0.251. The molecule has 2 N–H and O–H groups in total. The van der Waals surface area contributed by atoms with E-state index in [1.807, 2.05) is 35.0 Å². The fraction of sp³-hybridized carbons (Fsp3) is 0.200. The van der Waals surface area contributed by atoms with E-state index < -0.39 is 5.82 Å². The van der Waals surface area contributed by atoms with Gasteiger partial charge in [0.25, 0.3) is 0 Å². The van der Waals surface area contributed by atoms with E-state index in [2.05, 4.69) is 15.6 Å². The van der Waals surface area contributed by atoms with Gasteiger partial charge in [-0.2, -0.15) is 0 Å². The molecule has 0 fully saturated rings. The highest BCUT2D eigenvalue weighted by molar-refractivity contribution is 5.90. The number of carbonyl (C=O) groups excluding carboxylic acids is 1. The number of nitrogens with one attached hydrogen (secondary N) is 2. The van der Waals surface area contributed by atoms with Crippen LogP contribution in [0.5, 0.6) is 5.75 Å². The molecule has 2 amide bonds. The van der Waals surface area contributed by atoms with Gasteiger partial charge in [-0.1, -0.05) is 24.3 Å². The van der Waals surface area contributed by atoms with Crippen LogP contribution in [-0.4, -0.2) is 22.2 Å². The molecule has 0 atom stereocenters. The molecule has 0 radical (unpaired) electrons. The first-order valence-electron chi connectivity index (χ1n) is 8.65. The zero-order valence-corrected chi connectivity index (χ0v) is 15.0. The molecule has 0 aliphatic rings. The maximum atomic E-state index is 13.3. The van der Waals surface area contributed by atoms with Crippen LogP contribution in [0.2, 0.25) is 0 Å². The van der Waals surface area contributed by atoms with Crippen molar-refractivity contribution >= 4 is 11.7 Å². The molecule has 6 nitrogen and oxygen atoms in total. The van der Waals surface area contributed by atoms with E-state index in [1.54, 1.807) is 19.4 Å². The Balaban J connectivity index is 1.58. The third kappa shape index (κ3) is 5.31. The molecule has 0 bridgehead atoms. The summed E-state index contributed by atoms with van der Waals surface area (Å²) in [6.07, 6.45) is 5.40. The zero-order valence-electron chi connectivity index (χ0n) is 15.0. The molecule has 3 aromatic rings. The summed E-state index contributed by atoms with van der Waals surface area (Å²) in [6.45, 7) is 3.26. The summed E-state index contributed by atoms with van der Waals surface area (Å²) in [7, 11) is 0. The average Bonchev–Trinajstić information content (AvgIpc) is 3.16. The molecule has 140 valence electrons. The van der Waals surface area contributed by atoms with E-state index in [0.29, 0.717) is 31.1 Å². The highest BCUT2D eigenvalue weighted by atomic mass is 19.1. The second-order valence-corrected chi connectivity index (χ2v) is 5.94. The monoisotopic (exact) mass is 368 g/mol. The number of carbonyl (C=O) groups is 1. The number of rotatable bonds is 7. The summed E-state index contributed by atoms with van der Waals surface area (Å²) in [5, 5.41) is 5.49. The molecule has 0 aliphatic heterocycles. The number of amides is 2. The predicted octanol–water partition coefficient (Wildman–Crippen LogP) is 3.79. The van der Waals surface area contributed by atoms with Crippen molar-refractivity contribution < 1.29 is 13.9 Å². The molecule has 0 saturated carbocycles. The lowest BCUT2D eigenvalue weighted by atomic mass is 10.1. The highest BCUT2D eigenvalue weighted by Crippen LogP contribution is 2.25. The largest absolute Gasteiger partial charge is 0.492 e. The van der Waals surface area contributed by atoms with Crippen LogP contribution in [0.4, 0.5) is 14.9 Å². The van der Waals surface area contributed by atoms with Crippen LogP contribution in [0.3, 0.4) is 0 Å². The van der Waals surface area contributed by atoms with Crippen molar-refractivity contribution in [1.29, 1.82) is 0 Å². The average molecular weight is 368 g/mol. The number of aromatic nitrogens is 2. The fourth-order valence-electron chi connectivity index (χ4n) is 2.65. The Morgan fingerprint density at radius 2 is 2.07 bits per heavy atom. The van der Waals surface area contributed by atoms with Crippen LogP contribution in [0.25, 0.3) is 0 Å². The highest BCUT2D eigenvalue weighted by Gasteiger charge is 2.09. The van der Waals surface area contributed by atoms with E-state index in [1.165, 1.54) is 18.2 Å². The Hall–Kier alpha value is -3.35. The Morgan fingerprint density at radius 3 is 2.85 bits per heavy atom. The summed E-state index contributed by atoms with van der Waals surface area (Å²) in [5.74, 6) is -0.117. The quantitative estimate of drug-likeness (QED) is 0.667. The maximum absolute atomic E-state index is 13.3. The van der Waals surface area contributed by atoms with E-state index in [0.717, 1.165) is 11.1 Å². The molecule has 27 heavy (non-hydrogen) atoms. The van der Waals surface area contributed by atoms with Crippen molar-refractivity contribution in [2.24, 2.45) is 0 Å². The van der Waals surface area contributed by atoms with Crippen molar-refractivity contribution in [3.05, 3.63) is 78.1 Å². The van der Waals surface area contributed by atoms with Gasteiger partial charge in [0, 0.05) is 31.5 Å². The molecular weight excluding hydrogens is 347 g/mol. The molecule has 2 aromatic carbocycles. The van der Waals surface area contributed by atoms with Crippen LogP contribution in [0.15, 0.2) is 61.2 Å². The molecule has 1 aromatic heterocycles. The number of anilines is 1. The van der Waals surface area contributed by atoms with Gasteiger partial charge in [0.05, 0.1) is 18.6 Å². The van der Waals surface area contributed by atoms with Gasteiger partial charge in [0.15, 0.2) is 0 Å². The Morgan fingerprint density at radius 1 is 1.22 bits per heavy atom. The second-order valence-electron chi connectivity index (χ2n) is 5.94. The third-order valence-corrected chi connectivity index (χ3v) is 3.86. The topological polar surface area (TPSA) is 68.2 Å². The smallest absolute Gasteiger partial charge is 0.319 e. The number of ether oxygens (including phenoxy) is 1. The third-order valence-electron chi connectivity index (χ3n) is 3.86. The molecule has 1 heterocycles. The van der Waals surface area contributed by atoms with E-state index in [-0.39, 0.29) is 6.03 Å². The predicted molar refractivity (Wildman–Crippen MR) is 101 cm³/mol. The standard InChI is InChI=1S/C20H21FN4O2/c1-2-27-19-11-17(21)6-7-18(19)24-20(26)23-12-15-4-3-5-16(10-15)13-25-9-8-22-14-25/h3-11,14H,2,12-13H2,1H3,(H2,23,24,26). The minimum absolute atomic E-state index is 0.301. The van der Waals surface area contributed by atoms with Crippen LogP contribution >= 0.6 is 0 Å². The van der Waals surface area contributed by atoms with Gasteiger partial charge >= 0.3 is 6.03 Å². The number of nitrogens with zero attached hydrogens (tertiary/aromatic N) is 2. The van der Waals surface area contributed by atoms with E-state index in [4.69, 9.17) is 4.74 Å². The minimum Gasteiger partial charge on any atom is -0.492 e. The molecule has 0 spiro atoms. The number of imidazole rings is 1. The fourth-order valence-corrected chi connectivity index (χ4v) is 2.65. The lowest BCUT2D eigenvalue weighted by Crippen LogP contribution is -2.28. The second kappa shape index (κ2) is 8.84. The Bertz CT molecular complexity index is 897. The normalized spacial score (nSPS) is 10.4. The molecule has 0 aliphatic carbocycles. The van der Waals surface area contributed by atoms with Crippen molar-refractivity contribution in [2.45, 2.75) is 20.0 Å². The van der Waals surface area contributed by atoms with E-state index >= 15 is 0 Å². The van der Waals surface area contributed by atoms with Crippen LogP contribution in [-0.2, 0) is 13.1 Å². The van der Waals surface area contributed by atoms with Gasteiger partial charge < -0.3 is 19.9 Å². The number of halogens is 1. The number of benzene rings is 2. The van der Waals surface area contributed by atoms with E-state index in [9.17, 15) is 9.18 Å². The van der Waals surface area contributed by atoms with Gasteiger partial charge in [0.2, 0.25) is 0 Å².